The van der Waals surface area contributed by atoms with Crippen LogP contribution < -0.4 is 0 Å². The average molecular weight is 438 g/mol. The number of imide groups is 1. The molecule has 2 heterocycles. The minimum absolute atomic E-state index is 0.0526. The summed E-state index contributed by atoms with van der Waals surface area (Å²) in [6, 6.07) is 25.3. The number of fused-ring (bicyclic) bond motifs is 1. The third-order valence-electron chi connectivity index (χ3n) is 5.25. The Morgan fingerprint density at radius 2 is 1.36 bits per heavy atom. The molecular weight excluding hydrogens is 420 g/mol. The van der Waals surface area contributed by atoms with E-state index in [1.807, 2.05) is 60.7 Å². The third kappa shape index (κ3) is 3.78. The zero-order valence-electron chi connectivity index (χ0n) is 17.4. The summed E-state index contributed by atoms with van der Waals surface area (Å²) in [4.78, 5) is 43.1. The van der Waals surface area contributed by atoms with Gasteiger partial charge in [-0.2, -0.15) is 0 Å². The van der Waals surface area contributed by atoms with Crippen molar-refractivity contribution in [2.24, 2.45) is 0 Å². The molecular formula is C25H18N4O4. The van der Waals surface area contributed by atoms with Crippen molar-refractivity contribution >= 4 is 17.8 Å². The third-order valence-corrected chi connectivity index (χ3v) is 5.25. The van der Waals surface area contributed by atoms with E-state index < -0.39 is 17.8 Å². The highest BCUT2D eigenvalue weighted by molar-refractivity contribution is 6.21. The minimum Gasteiger partial charge on any atom is -0.458 e. The molecule has 0 spiro atoms. The average Bonchev–Trinajstić information content (AvgIpc) is 3.41. The van der Waals surface area contributed by atoms with Crippen molar-refractivity contribution < 1.29 is 19.1 Å². The van der Waals surface area contributed by atoms with Gasteiger partial charge < -0.3 is 4.74 Å². The normalized spacial score (nSPS) is 12.7. The van der Waals surface area contributed by atoms with Crippen LogP contribution in [0.5, 0.6) is 0 Å². The molecule has 8 nitrogen and oxygen atoms in total. The van der Waals surface area contributed by atoms with Crippen LogP contribution in [0.4, 0.5) is 0 Å². The standard InChI is InChI=1S/C25H18N4O4/c30-23-19-13-7-8-14-20(19)24(31)28(23)15-16-33-25(32)21-26-22(17-9-3-1-4-10-17)29(27-21)18-11-5-2-6-12-18/h1-14H,15-16H2. The molecule has 0 aliphatic carbocycles. The molecule has 3 aromatic carbocycles. The Morgan fingerprint density at radius 3 is 2.00 bits per heavy atom. The molecule has 0 bridgehead atoms. The van der Waals surface area contributed by atoms with E-state index in [4.69, 9.17) is 4.74 Å². The maximum absolute atomic E-state index is 12.7. The molecule has 33 heavy (non-hydrogen) atoms. The fourth-order valence-corrected chi connectivity index (χ4v) is 3.66. The van der Waals surface area contributed by atoms with Gasteiger partial charge in [-0.3, -0.25) is 14.5 Å². The van der Waals surface area contributed by atoms with Crippen LogP contribution in [0.25, 0.3) is 17.1 Å². The van der Waals surface area contributed by atoms with Gasteiger partial charge in [0.05, 0.1) is 23.4 Å². The Balaban J connectivity index is 1.33. The second-order valence-electron chi connectivity index (χ2n) is 7.32. The fraction of sp³-hybridized carbons (Fsp3) is 0.0800. The molecule has 1 aliphatic heterocycles. The first-order valence-electron chi connectivity index (χ1n) is 10.3. The summed E-state index contributed by atoms with van der Waals surface area (Å²) in [6.45, 7) is -0.214. The number of carbonyl (C=O) groups is 3. The number of carbonyl (C=O) groups excluding carboxylic acids is 3. The van der Waals surface area contributed by atoms with Gasteiger partial charge in [0.25, 0.3) is 17.6 Å². The lowest BCUT2D eigenvalue weighted by molar-refractivity contribution is 0.0410. The number of aromatic nitrogens is 3. The van der Waals surface area contributed by atoms with Crippen molar-refractivity contribution in [1.82, 2.24) is 19.7 Å². The molecule has 0 N–H and O–H groups in total. The number of ether oxygens (including phenoxy) is 1. The van der Waals surface area contributed by atoms with Crippen LogP contribution in [0.2, 0.25) is 0 Å². The summed E-state index contributed by atoms with van der Waals surface area (Å²) < 4.78 is 6.88. The number of nitrogens with zero attached hydrogens (tertiary/aromatic N) is 4. The zero-order chi connectivity index (χ0) is 22.8. The Hall–Kier alpha value is -4.59. The second-order valence-corrected chi connectivity index (χ2v) is 7.32. The second kappa shape index (κ2) is 8.51. The summed E-state index contributed by atoms with van der Waals surface area (Å²) in [5.74, 6) is -1.15. The predicted molar refractivity (Wildman–Crippen MR) is 119 cm³/mol. The highest BCUT2D eigenvalue weighted by Gasteiger charge is 2.35. The number of hydrogen-bond acceptors (Lipinski definition) is 6. The number of para-hydroxylation sites is 1. The van der Waals surface area contributed by atoms with Crippen molar-refractivity contribution in [1.29, 1.82) is 0 Å². The highest BCUT2D eigenvalue weighted by atomic mass is 16.5. The Labute approximate surface area is 189 Å². The topological polar surface area (TPSA) is 94.4 Å². The number of benzene rings is 3. The molecule has 0 unspecified atom stereocenters. The van der Waals surface area contributed by atoms with Crippen molar-refractivity contribution in [2.75, 3.05) is 13.2 Å². The number of rotatable bonds is 6. The quantitative estimate of drug-likeness (QED) is 0.338. The van der Waals surface area contributed by atoms with E-state index >= 15 is 0 Å². The van der Waals surface area contributed by atoms with Gasteiger partial charge >= 0.3 is 5.97 Å². The molecule has 162 valence electrons. The van der Waals surface area contributed by atoms with Crippen LogP contribution in [0, 0.1) is 0 Å². The van der Waals surface area contributed by atoms with Gasteiger partial charge in [-0.05, 0) is 24.3 Å². The molecule has 4 aromatic rings. The van der Waals surface area contributed by atoms with E-state index in [0.29, 0.717) is 17.0 Å². The van der Waals surface area contributed by atoms with Crippen LogP contribution in [-0.2, 0) is 4.74 Å². The van der Waals surface area contributed by atoms with Crippen LogP contribution in [0.3, 0.4) is 0 Å². The molecule has 8 heteroatoms. The lowest BCUT2D eigenvalue weighted by Crippen LogP contribution is -2.33. The van der Waals surface area contributed by atoms with E-state index in [1.54, 1.807) is 28.9 Å². The summed E-state index contributed by atoms with van der Waals surface area (Å²) in [6.07, 6.45) is 0. The monoisotopic (exact) mass is 438 g/mol. The predicted octanol–water partition coefficient (Wildman–Crippen LogP) is 3.39. The van der Waals surface area contributed by atoms with Crippen molar-refractivity contribution in [3.05, 3.63) is 102 Å². The van der Waals surface area contributed by atoms with Gasteiger partial charge in [0.1, 0.15) is 6.61 Å². The summed E-state index contributed by atoms with van der Waals surface area (Å²) >= 11 is 0. The minimum atomic E-state index is -0.738. The molecule has 1 aliphatic rings. The molecule has 5 rings (SSSR count). The maximum Gasteiger partial charge on any atom is 0.378 e. The Bertz CT molecular complexity index is 1260. The molecule has 0 saturated heterocycles. The van der Waals surface area contributed by atoms with Gasteiger partial charge in [0.2, 0.25) is 0 Å². The fourth-order valence-electron chi connectivity index (χ4n) is 3.66. The van der Waals surface area contributed by atoms with Crippen molar-refractivity contribution in [2.45, 2.75) is 0 Å². The van der Waals surface area contributed by atoms with Gasteiger partial charge in [-0.25, -0.2) is 14.5 Å². The largest absolute Gasteiger partial charge is 0.458 e. The van der Waals surface area contributed by atoms with Crippen molar-refractivity contribution in [3.8, 4) is 17.1 Å². The zero-order valence-corrected chi connectivity index (χ0v) is 17.4. The smallest absolute Gasteiger partial charge is 0.378 e. The molecule has 1 aromatic heterocycles. The first-order chi connectivity index (χ1) is 16.1. The Kier molecular flexibility index (Phi) is 5.24. The first kappa shape index (κ1) is 20.3. The maximum atomic E-state index is 12.7. The van der Waals surface area contributed by atoms with Crippen LogP contribution in [0.15, 0.2) is 84.9 Å². The summed E-state index contributed by atoms with van der Waals surface area (Å²) in [7, 11) is 0. The molecule has 0 fully saturated rings. The number of esters is 1. The number of hydrogen-bond donors (Lipinski definition) is 0. The van der Waals surface area contributed by atoms with E-state index in [-0.39, 0.29) is 19.0 Å². The van der Waals surface area contributed by atoms with Crippen molar-refractivity contribution in [3.63, 3.8) is 0 Å². The summed E-state index contributed by atoms with van der Waals surface area (Å²) in [5.41, 5.74) is 2.24. The lowest BCUT2D eigenvalue weighted by atomic mass is 10.1. The molecule has 2 amide bonds. The van der Waals surface area contributed by atoms with E-state index in [2.05, 4.69) is 10.1 Å². The lowest BCUT2D eigenvalue weighted by Gasteiger charge is -2.13. The number of amides is 2. The molecule has 0 radical (unpaired) electrons. The van der Waals surface area contributed by atoms with E-state index in [0.717, 1.165) is 16.2 Å². The van der Waals surface area contributed by atoms with Crippen LogP contribution in [-0.4, -0.2) is 50.6 Å². The molecule has 0 saturated carbocycles. The van der Waals surface area contributed by atoms with Gasteiger partial charge in [0.15, 0.2) is 5.82 Å². The van der Waals surface area contributed by atoms with Gasteiger partial charge in [-0.1, -0.05) is 60.7 Å². The van der Waals surface area contributed by atoms with Gasteiger partial charge in [-0.15, -0.1) is 5.10 Å². The SMILES string of the molecule is O=C(OCCN1C(=O)c2ccccc2C1=O)c1nc(-c2ccccc2)n(-c2ccccc2)n1. The first-order valence-corrected chi connectivity index (χ1v) is 10.3. The van der Waals surface area contributed by atoms with Gasteiger partial charge in [0, 0.05) is 5.56 Å². The van der Waals surface area contributed by atoms with Crippen LogP contribution in [0.1, 0.15) is 31.3 Å². The highest BCUT2D eigenvalue weighted by Crippen LogP contribution is 2.23. The van der Waals surface area contributed by atoms with E-state index in [9.17, 15) is 14.4 Å². The Morgan fingerprint density at radius 1 is 0.788 bits per heavy atom. The molecule has 0 atom stereocenters. The van der Waals surface area contributed by atoms with Crippen LogP contribution >= 0.6 is 0 Å². The van der Waals surface area contributed by atoms with E-state index in [1.165, 1.54) is 0 Å². The summed E-state index contributed by atoms with van der Waals surface area (Å²) in [5, 5.41) is 4.35.